The molecule has 0 fully saturated rings. The molecule has 5 nitrogen and oxygen atoms in total. The first-order chi connectivity index (χ1) is 11.8. The van der Waals surface area contributed by atoms with E-state index in [1.807, 2.05) is 0 Å². The molecule has 0 atom stereocenters. The lowest BCUT2D eigenvalue weighted by molar-refractivity contribution is -0.118. The van der Waals surface area contributed by atoms with Gasteiger partial charge in [0.25, 0.3) is 10.0 Å². The number of amides is 1. The Hall–Kier alpha value is -1.38. The fourth-order valence-corrected chi connectivity index (χ4v) is 5.21. The molecular weight excluding hydrogens is 472 g/mol. The number of carbonyl (C=O) groups is 1. The molecule has 3 rings (SSSR count). The summed E-state index contributed by atoms with van der Waals surface area (Å²) in [5.41, 5.74) is 2.11. The molecule has 2 aromatic rings. The van der Waals surface area contributed by atoms with Crippen LogP contribution in [0, 0.1) is 0 Å². The van der Waals surface area contributed by atoms with Crippen molar-refractivity contribution in [3.8, 4) is 0 Å². The molecule has 0 aromatic heterocycles. The van der Waals surface area contributed by atoms with Gasteiger partial charge in [0.05, 0.1) is 0 Å². The van der Waals surface area contributed by atoms with E-state index in [1.54, 1.807) is 48.2 Å². The number of fused-ring (bicyclic) bond motifs is 1. The first-order valence-electron chi connectivity index (χ1n) is 7.73. The van der Waals surface area contributed by atoms with Crippen molar-refractivity contribution in [2.45, 2.75) is 24.7 Å². The van der Waals surface area contributed by atoms with Crippen molar-refractivity contribution < 1.29 is 13.2 Å². The minimum Gasteiger partial charge on any atom is -0.312 e. The van der Waals surface area contributed by atoms with E-state index in [0.717, 1.165) is 16.5 Å². The molecule has 0 bridgehead atoms. The van der Waals surface area contributed by atoms with Gasteiger partial charge in [-0.2, -0.15) is 0 Å². The average Bonchev–Trinajstić information content (AvgIpc) is 2.98. The fraction of sp³-hybridized carbons (Fsp3) is 0.235. The highest BCUT2D eigenvalue weighted by Gasteiger charge is 2.28. The van der Waals surface area contributed by atoms with Crippen molar-refractivity contribution in [2.24, 2.45) is 0 Å². The molecule has 1 N–H and O–H groups in total. The van der Waals surface area contributed by atoms with Crippen LogP contribution in [0.4, 0.5) is 11.4 Å². The summed E-state index contributed by atoms with van der Waals surface area (Å²) in [6.07, 6.45) is 1.11. The summed E-state index contributed by atoms with van der Waals surface area (Å²) in [5.74, 6) is -0.00899. The largest absolute Gasteiger partial charge is 0.312 e. The van der Waals surface area contributed by atoms with Gasteiger partial charge in [-0.25, -0.2) is 8.42 Å². The van der Waals surface area contributed by atoms with Crippen LogP contribution in [-0.2, 0) is 21.2 Å². The number of halogens is 2. The zero-order valence-electron chi connectivity index (χ0n) is 13.4. The summed E-state index contributed by atoms with van der Waals surface area (Å²) in [4.78, 5) is 13.9. The highest BCUT2D eigenvalue weighted by Crippen LogP contribution is 2.36. The van der Waals surface area contributed by atoms with Gasteiger partial charge in [-0.15, -0.1) is 0 Å². The maximum atomic E-state index is 12.8. The predicted octanol–water partition coefficient (Wildman–Crippen LogP) is 4.31. The predicted molar refractivity (Wildman–Crippen MR) is 105 cm³/mol. The lowest BCUT2D eigenvalue weighted by atomic mass is 10.2. The van der Waals surface area contributed by atoms with Crippen LogP contribution in [0.15, 0.2) is 50.2 Å². The number of rotatable bonds is 4. The van der Waals surface area contributed by atoms with E-state index < -0.39 is 10.0 Å². The summed E-state index contributed by atoms with van der Waals surface area (Å²) >= 11 is 6.67. The van der Waals surface area contributed by atoms with Gasteiger partial charge < -0.3 is 4.90 Å². The second-order valence-electron chi connectivity index (χ2n) is 5.67. The van der Waals surface area contributed by atoms with Crippen LogP contribution in [0.3, 0.4) is 0 Å². The number of nitrogens with zero attached hydrogens (tertiary/aromatic N) is 1. The van der Waals surface area contributed by atoms with Crippen molar-refractivity contribution >= 4 is 59.2 Å². The monoisotopic (exact) mass is 486 g/mol. The van der Waals surface area contributed by atoms with Crippen LogP contribution < -0.4 is 9.62 Å². The Kier molecular flexibility index (Phi) is 5.22. The number of hydrogen-bond acceptors (Lipinski definition) is 3. The molecule has 8 heteroatoms. The SMILES string of the molecule is CCC(=O)N1CCc2cc(Br)c(S(=O)(=O)Nc3ccc(Br)cc3)cc21. The van der Waals surface area contributed by atoms with Gasteiger partial charge in [0.2, 0.25) is 5.91 Å². The Morgan fingerprint density at radius 3 is 2.52 bits per heavy atom. The normalized spacial score (nSPS) is 13.6. The van der Waals surface area contributed by atoms with Gasteiger partial charge in [-0.05, 0) is 64.3 Å². The van der Waals surface area contributed by atoms with E-state index in [1.165, 1.54) is 0 Å². The number of anilines is 2. The highest BCUT2D eigenvalue weighted by molar-refractivity contribution is 9.10. The van der Waals surface area contributed by atoms with E-state index >= 15 is 0 Å². The van der Waals surface area contributed by atoms with Gasteiger partial charge in [-0.3, -0.25) is 9.52 Å². The highest BCUT2D eigenvalue weighted by atomic mass is 79.9. The van der Waals surface area contributed by atoms with E-state index in [9.17, 15) is 13.2 Å². The molecule has 0 radical (unpaired) electrons. The number of nitrogens with one attached hydrogen (secondary N) is 1. The number of sulfonamides is 1. The molecule has 132 valence electrons. The van der Waals surface area contributed by atoms with Crippen molar-refractivity contribution in [1.82, 2.24) is 0 Å². The van der Waals surface area contributed by atoms with Crippen LogP contribution in [0.5, 0.6) is 0 Å². The Morgan fingerprint density at radius 1 is 1.20 bits per heavy atom. The maximum absolute atomic E-state index is 12.8. The van der Waals surface area contributed by atoms with Crippen LogP contribution in [0.1, 0.15) is 18.9 Å². The number of benzene rings is 2. The van der Waals surface area contributed by atoms with E-state index in [4.69, 9.17) is 0 Å². The molecule has 2 aromatic carbocycles. The van der Waals surface area contributed by atoms with E-state index in [-0.39, 0.29) is 10.8 Å². The molecule has 25 heavy (non-hydrogen) atoms. The molecule has 0 saturated carbocycles. The molecule has 0 saturated heterocycles. The van der Waals surface area contributed by atoms with Gasteiger partial charge in [-0.1, -0.05) is 22.9 Å². The van der Waals surface area contributed by atoms with Gasteiger partial charge >= 0.3 is 0 Å². The standard InChI is InChI=1S/C17H16Br2N2O3S/c1-2-17(22)21-8-7-11-9-14(19)16(10-15(11)21)25(23,24)20-13-5-3-12(18)4-6-13/h3-6,9-10,20H,2,7-8H2,1H3. The van der Waals surface area contributed by atoms with Crippen LogP contribution in [0.2, 0.25) is 0 Å². The Bertz CT molecular complexity index is 928. The lowest BCUT2D eigenvalue weighted by Crippen LogP contribution is -2.28. The third-order valence-corrected chi connectivity index (χ3v) is 6.89. The average molecular weight is 488 g/mol. The summed E-state index contributed by atoms with van der Waals surface area (Å²) in [5, 5.41) is 0. The minimum atomic E-state index is -3.78. The van der Waals surface area contributed by atoms with Crippen LogP contribution in [0.25, 0.3) is 0 Å². The van der Waals surface area contributed by atoms with Crippen molar-refractivity contribution in [3.05, 3.63) is 50.9 Å². The summed E-state index contributed by atoms with van der Waals surface area (Å²) < 4.78 is 29.5. The molecule has 1 aliphatic heterocycles. The van der Waals surface area contributed by atoms with Crippen LogP contribution >= 0.6 is 31.9 Å². The third-order valence-electron chi connectivity index (χ3n) is 4.02. The molecule has 1 aliphatic rings. The topological polar surface area (TPSA) is 66.5 Å². The molecule has 0 spiro atoms. The molecular formula is C17H16Br2N2O3S. The third kappa shape index (κ3) is 3.75. The van der Waals surface area contributed by atoms with E-state index in [2.05, 4.69) is 36.6 Å². The van der Waals surface area contributed by atoms with E-state index in [0.29, 0.717) is 28.8 Å². The first kappa shape index (κ1) is 18.4. The number of carbonyl (C=O) groups excluding carboxylic acids is 1. The fourth-order valence-electron chi connectivity index (χ4n) is 2.77. The second kappa shape index (κ2) is 7.09. The summed E-state index contributed by atoms with van der Waals surface area (Å²) in [6, 6.07) is 10.2. The zero-order chi connectivity index (χ0) is 18.2. The molecule has 1 amide bonds. The lowest BCUT2D eigenvalue weighted by Gasteiger charge is -2.18. The maximum Gasteiger partial charge on any atom is 0.263 e. The van der Waals surface area contributed by atoms with Gasteiger partial charge in [0.1, 0.15) is 4.90 Å². The first-order valence-corrected chi connectivity index (χ1v) is 10.8. The Morgan fingerprint density at radius 2 is 1.88 bits per heavy atom. The summed E-state index contributed by atoms with van der Waals surface area (Å²) in [7, 11) is -3.78. The number of hydrogen-bond donors (Lipinski definition) is 1. The quantitative estimate of drug-likeness (QED) is 0.698. The Labute approximate surface area is 163 Å². The minimum absolute atomic E-state index is 0.00899. The van der Waals surface area contributed by atoms with Crippen molar-refractivity contribution in [1.29, 1.82) is 0 Å². The van der Waals surface area contributed by atoms with Crippen LogP contribution in [-0.4, -0.2) is 20.9 Å². The van der Waals surface area contributed by atoms with Crippen molar-refractivity contribution in [3.63, 3.8) is 0 Å². The zero-order valence-corrected chi connectivity index (χ0v) is 17.4. The second-order valence-corrected chi connectivity index (χ2v) is 9.09. The van der Waals surface area contributed by atoms with Gasteiger partial charge in [0.15, 0.2) is 0 Å². The van der Waals surface area contributed by atoms with Crippen molar-refractivity contribution in [2.75, 3.05) is 16.2 Å². The molecule has 0 unspecified atom stereocenters. The Balaban J connectivity index is 1.99. The smallest absolute Gasteiger partial charge is 0.263 e. The molecule has 0 aliphatic carbocycles. The van der Waals surface area contributed by atoms with Gasteiger partial charge in [0, 0.05) is 33.3 Å². The summed E-state index contributed by atoms with van der Waals surface area (Å²) in [6.45, 7) is 2.38. The molecule has 1 heterocycles.